The smallest absolute Gasteiger partial charge is 0.0415 e. The molecule has 0 aliphatic carbocycles. The van der Waals surface area contributed by atoms with Gasteiger partial charge in [0.05, 0.1) is 0 Å². The van der Waals surface area contributed by atoms with Gasteiger partial charge in [-0.15, -0.1) is 12.4 Å². The lowest BCUT2D eigenvalue weighted by Crippen LogP contribution is -2.01. The van der Waals surface area contributed by atoms with Gasteiger partial charge in [-0.2, -0.15) is 0 Å². The predicted octanol–water partition coefficient (Wildman–Crippen LogP) is 2.16. The van der Waals surface area contributed by atoms with E-state index in [9.17, 15) is 0 Å². The third-order valence-electron chi connectivity index (χ3n) is 1.42. The van der Waals surface area contributed by atoms with E-state index in [4.69, 9.17) is 5.73 Å². The van der Waals surface area contributed by atoms with Crippen molar-refractivity contribution in [2.24, 2.45) is 5.73 Å². The van der Waals surface area contributed by atoms with Crippen LogP contribution in [0, 0.1) is 0 Å². The second kappa shape index (κ2) is 6.40. The molecule has 0 saturated heterocycles. The van der Waals surface area contributed by atoms with Crippen LogP contribution in [0.25, 0.3) is 0 Å². The van der Waals surface area contributed by atoms with Crippen LogP contribution in [0.2, 0.25) is 0 Å². The summed E-state index contributed by atoms with van der Waals surface area (Å²) in [5, 5.41) is 0. The van der Waals surface area contributed by atoms with E-state index in [0.717, 1.165) is 29.6 Å². The Bertz CT molecular complexity index is 230. The van der Waals surface area contributed by atoms with Crippen molar-refractivity contribution in [2.75, 3.05) is 6.54 Å². The van der Waals surface area contributed by atoms with Gasteiger partial charge in [0.2, 0.25) is 0 Å². The highest BCUT2D eigenvalue weighted by Crippen LogP contribution is 2.09. The van der Waals surface area contributed by atoms with E-state index in [1.165, 1.54) is 0 Å². The second-order valence-electron chi connectivity index (χ2n) is 2.36. The van der Waals surface area contributed by atoms with Crippen LogP contribution in [0.1, 0.15) is 12.1 Å². The van der Waals surface area contributed by atoms with E-state index < -0.39 is 0 Å². The lowest BCUT2D eigenvalue weighted by Gasteiger charge is -1.97. The van der Waals surface area contributed by atoms with E-state index in [0.29, 0.717) is 0 Å². The maximum Gasteiger partial charge on any atom is 0.0415 e. The van der Waals surface area contributed by atoms with Crippen molar-refractivity contribution in [3.05, 3.63) is 28.5 Å². The number of hydrogen-bond acceptors (Lipinski definition) is 2. The Kier molecular flexibility index (Phi) is 6.34. The van der Waals surface area contributed by atoms with Crippen LogP contribution < -0.4 is 5.73 Å². The van der Waals surface area contributed by atoms with Crippen LogP contribution >= 0.6 is 28.3 Å². The van der Waals surface area contributed by atoms with Gasteiger partial charge >= 0.3 is 0 Å². The summed E-state index contributed by atoms with van der Waals surface area (Å²) in [7, 11) is 0. The predicted molar refractivity (Wildman–Crippen MR) is 56.6 cm³/mol. The molecule has 0 amide bonds. The molecule has 2 N–H and O–H groups in total. The van der Waals surface area contributed by atoms with Crippen molar-refractivity contribution >= 4 is 28.3 Å². The second-order valence-corrected chi connectivity index (χ2v) is 3.27. The molecular formula is C8H12BrClN2. The summed E-state index contributed by atoms with van der Waals surface area (Å²) in [5.74, 6) is 0. The highest BCUT2D eigenvalue weighted by atomic mass is 79.9. The summed E-state index contributed by atoms with van der Waals surface area (Å²) in [4.78, 5) is 4.19. The van der Waals surface area contributed by atoms with E-state index in [1.807, 2.05) is 12.1 Å². The van der Waals surface area contributed by atoms with Gasteiger partial charge in [0.15, 0.2) is 0 Å². The van der Waals surface area contributed by atoms with Crippen LogP contribution in [0.3, 0.4) is 0 Å². The molecule has 0 aromatic carbocycles. The van der Waals surface area contributed by atoms with Crippen LogP contribution in [-0.4, -0.2) is 11.5 Å². The van der Waals surface area contributed by atoms with Crippen LogP contribution in [0.15, 0.2) is 22.8 Å². The lowest BCUT2D eigenvalue weighted by atomic mass is 10.2. The van der Waals surface area contributed by atoms with Gasteiger partial charge in [-0.05, 0) is 31.5 Å². The van der Waals surface area contributed by atoms with Crippen LogP contribution in [0.5, 0.6) is 0 Å². The Morgan fingerprint density at radius 2 is 2.25 bits per heavy atom. The van der Waals surface area contributed by atoms with Gasteiger partial charge in [0, 0.05) is 16.4 Å². The highest BCUT2D eigenvalue weighted by molar-refractivity contribution is 9.10. The standard InChI is InChI=1S/C8H11BrN2.ClH/c9-7-3-5-11-8(6-7)2-1-4-10;/h3,5-6H,1-2,4,10H2;1H. The largest absolute Gasteiger partial charge is 0.330 e. The number of pyridine rings is 1. The molecule has 0 atom stereocenters. The van der Waals surface area contributed by atoms with Gasteiger partial charge in [-0.3, -0.25) is 4.98 Å². The Hall–Kier alpha value is -0.120. The molecule has 0 fully saturated rings. The first-order chi connectivity index (χ1) is 5.33. The minimum atomic E-state index is 0. The van der Waals surface area contributed by atoms with Gasteiger partial charge in [0.1, 0.15) is 0 Å². The molecule has 4 heteroatoms. The lowest BCUT2D eigenvalue weighted by molar-refractivity contribution is 0.810. The number of hydrogen-bond donors (Lipinski definition) is 1. The minimum absolute atomic E-state index is 0. The molecule has 1 rings (SSSR count). The zero-order chi connectivity index (χ0) is 8.10. The van der Waals surface area contributed by atoms with Crippen molar-refractivity contribution in [2.45, 2.75) is 12.8 Å². The van der Waals surface area contributed by atoms with Crippen molar-refractivity contribution in [3.8, 4) is 0 Å². The summed E-state index contributed by atoms with van der Waals surface area (Å²) < 4.78 is 1.08. The fourth-order valence-electron chi connectivity index (χ4n) is 0.869. The number of aryl methyl sites for hydroxylation is 1. The quantitative estimate of drug-likeness (QED) is 0.894. The number of nitrogens with zero attached hydrogens (tertiary/aromatic N) is 1. The summed E-state index contributed by atoms with van der Waals surface area (Å²) in [6.45, 7) is 0.730. The SMILES string of the molecule is Cl.NCCCc1cc(Br)ccn1. The molecule has 0 aliphatic rings. The first-order valence-electron chi connectivity index (χ1n) is 3.63. The van der Waals surface area contributed by atoms with Crippen molar-refractivity contribution in [3.63, 3.8) is 0 Å². The average molecular weight is 252 g/mol. The van der Waals surface area contributed by atoms with E-state index in [2.05, 4.69) is 20.9 Å². The molecule has 12 heavy (non-hydrogen) atoms. The third-order valence-corrected chi connectivity index (χ3v) is 1.91. The number of rotatable bonds is 3. The molecule has 0 unspecified atom stereocenters. The Balaban J connectivity index is 0.00000121. The Labute approximate surface area is 87.1 Å². The van der Waals surface area contributed by atoms with Crippen LogP contribution in [-0.2, 0) is 6.42 Å². The van der Waals surface area contributed by atoms with Crippen molar-refractivity contribution < 1.29 is 0 Å². The molecule has 0 radical (unpaired) electrons. The molecular weight excluding hydrogens is 239 g/mol. The monoisotopic (exact) mass is 250 g/mol. The van der Waals surface area contributed by atoms with Crippen molar-refractivity contribution in [1.29, 1.82) is 0 Å². The number of halogens is 2. The van der Waals surface area contributed by atoms with Gasteiger partial charge < -0.3 is 5.73 Å². The molecule has 0 saturated carbocycles. The van der Waals surface area contributed by atoms with E-state index >= 15 is 0 Å². The summed E-state index contributed by atoms with van der Waals surface area (Å²) >= 11 is 3.38. The molecule has 0 bridgehead atoms. The zero-order valence-electron chi connectivity index (χ0n) is 6.66. The number of aromatic nitrogens is 1. The highest BCUT2D eigenvalue weighted by Gasteiger charge is 1.93. The van der Waals surface area contributed by atoms with E-state index in [1.54, 1.807) is 6.20 Å². The molecule has 68 valence electrons. The fraction of sp³-hybridized carbons (Fsp3) is 0.375. The maximum absolute atomic E-state index is 5.37. The maximum atomic E-state index is 5.37. The van der Waals surface area contributed by atoms with E-state index in [-0.39, 0.29) is 12.4 Å². The fourth-order valence-corrected chi connectivity index (χ4v) is 1.25. The summed E-state index contributed by atoms with van der Waals surface area (Å²) in [6.07, 6.45) is 3.77. The van der Waals surface area contributed by atoms with Crippen LogP contribution in [0.4, 0.5) is 0 Å². The first-order valence-corrected chi connectivity index (χ1v) is 4.42. The van der Waals surface area contributed by atoms with Gasteiger partial charge in [-0.25, -0.2) is 0 Å². The Morgan fingerprint density at radius 1 is 1.50 bits per heavy atom. The molecule has 1 heterocycles. The normalized spacial score (nSPS) is 9.17. The third kappa shape index (κ3) is 4.04. The molecule has 2 nitrogen and oxygen atoms in total. The first kappa shape index (κ1) is 11.9. The summed E-state index contributed by atoms with van der Waals surface area (Å²) in [6, 6.07) is 3.95. The van der Waals surface area contributed by atoms with Gasteiger partial charge in [-0.1, -0.05) is 15.9 Å². The topological polar surface area (TPSA) is 38.9 Å². The Morgan fingerprint density at radius 3 is 2.83 bits per heavy atom. The molecule has 1 aromatic rings. The van der Waals surface area contributed by atoms with Gasteiger partial charge in [0.25, 0.3) is 0 Å². The van der Waals surface area contributed by atoms with Crippen molar-refractivity contribution in [1.82, 2.24) is 4.98 Å². The average Bonchev–Trinajstić information content (AvgIpc) is 2.01. The molecule has 0 aliphatic heterocycles. The minimum Gasteiger partial charge on any atom is -0.330 e. The molecule has 0 spiro atoms. The number of nitrogens with two attached hydrogens (primary N) is 1. The summed E-state index contributed by atoms with van der Waals surface area (Å²) in [5.41, 5.74) is 6.48. The molecule has 1 aromatic heterocycles. The zero-order valence-corrected chi connectivity index (χ0v) is 9.07.